The fourth-order valence-corrected chi connectivity index (χ4v) is 3.37. The molecule has 0 aliphatic rings. The molecule has 9 heteroatoms. The highest BCUT2D eigenvalue weighted by molar-refractivity contribution is 7.14. The molecule has 4 rings (SSSR count). The molecular formula is C20H16FN5O2S. The van der Waals surface area contributed by atoms with Gasteiger partial charge in [0, 0.05) is 41.7 Å². The lowest BCUT2D eigenvalue weighted by molar-refractivity contribution is -0.116. The van der Waals surface area contributed by atoms with E-state index >= 15 is 0 Å². The van der Waals surface area contributed by atoms with Gasteiger partial charge in [-0.15, -0.1) is 11.3 Å². The van der Waals surface area contributed by atoms with E-state index in [2.05, 4.69) is 25.4 Å². The zero-order valence-corrected chi connectivity index (χ0v) is 16.2. The fraction of sp³-hybridized carbons (Fsp3) is 0.150. The number of hydrogen-bond acceptors (Lipinski definition) is 7. The van der Waals surface area contributed by atoms with Crippen molar-refractivity contribution in [2.24, 2.45) is 0 Å². The van der Waals surface area contributed by atoms with Gasteiger partial charge in [-0.1, -0.05) is 5.16 Å². The predicted molar refractivity (Wildman–Crippen MR) is 107 cm³/mol. The number of halogens is 1. The third-order valence-electron chi connectivity index (χ3n) is 4.16. The number of aryl methyl sites for hydroxylation is 2. The van der Waals surface area contributed by atoms with E-state index in [0.29, 0.717) is 34.5 Å². The lowest BCUT2D eigenvalue weighted by Gasteiger charge is -2.01. The number of rotatable bonds is 6. The Balaban J connectivity index is 1.34. The summed E-state index contributed by atoms with van der Waals surface area (Å²) in [4.78, 5) is 24.9. The first-order chi connectivity index (χ1) is 14.1. The van der Waals surface area contributed by atoms with Crippen molar-refractivity contribution >= 4 is 22.4 Å². The number of benzene rings is 1. The topological polar surface area (TPSA) is 93.8 Å². The molecule has 0 radical (unpaired) electrons. The second-order valence-corrected chi connectivity index (χ2v) is 7.16. The van der Waals surface area contributed by atoms with Crippen LogP contribution in [0.4, 0.5) is 9.52 Å². The molecule has 0 fully saturated rings. The van der Waals surface area contributed by atoms with E-state index in [1.165, 1.54) is 17.4 Å². The standard InChI is InChI=1S/C20H16FN5O2S/c1-12-9-13(4-5-15(12)21)16-11-29-20(23-16)24-17(27)6-7-18-25-19(26-28-18)14-3-2-8-22-10-14/h2-5,8-11H,6-7H2,1H3,(H,23,24,27). The van der Waals surface area contributed by atoms with Gasteiger partial charge in [0.25, 0.3) is 0 Å². The number of thiazole rings is 1. The summed E-state index contributed by atoms with van der Waals surface area (Å²) in [6, 6.07) is 8.42. The number of nitrogens with zero attached hydrogens (tertiary/aromatic N) is 4. The Labute approximate surface area is 169 Å². The molecule has 0 unspecified atom stereocenters. The van der Waals surface area contributed by atoms with E-state index in [1.54, 1.807) is 37.5 Å². The first kappa shape index (κ1) is 18.9. The summed E-state index contributed by atoms with van der Waals surface area (Å²) >= 11 is 1.31. The molecule has 0 aliphatic carbocycles. The monoisotopic (exact) mass is 409 g/mol. The summed E-state index contributed by atoms with van der Waals surface area (Å²) < 4.78 is 18.6. The number of hydrogen-bond donors (Lipinski definition) is 1. The molecular weight excluding hydrogens is 393 g/mol. The lowest BCUT2D eigenvalue weighted by Crippen LogP contribution is -2.12. The molecule has 0 atom stereocenters. The zero-order chi connectivity index (χ0) is 20.2. The van der Waals surface area contributed by atoms with Crippen LogP contribution in [0.2, 0.25) is 0 Å². The van der Waals surface area contributed by atoms with Gasteiger partial charge < -0.3 is 9.84 Å². The third-order valence-corrected chi connectivity index (χ3v) is 4.92. The second-order valence-electron chi connectivity index (χ2n) is 6.30. The highest BCUT2D eigenvalue weighted by atomic mass is 32.1. The summed E-state index contributed by atoms with van der Waals surface area (Å²) in [6.45, 7) is 1.70. The molecule has 1 N–H and O–H groups in total. The maximum Gasteiger partial charge on any atom is 0.227 e. The van der Waals surface area contributed by atoms with Gasteiger partial charge in [-0.3, -0.25) is 9.78 Å². The normalized spacial score (nSPS) is 10.8. The minimum absolute atomic E-state index is 0.180. The molecule has 1 aromatic carbocycles. The van der Waals surface area contributed by atoms with Crippen molar-refractivity contribution in [3.8, 4) is 22.6 Å². The summed E-state index contributed by atoms with van der Waals surface area (Å²) in [5, 5.41) is 8.97. The summed E-state index contributed by atoms with van der Waals surface area (Å²) in [5.41, 5.74) is 2.78. The highest BCUT2D eigenvalue weighted by Gasteiger charge is 2.13. The van der Waals surface area contributed by atoms with Gasteiger partial charge >= 0.3 is 0 Å². The van der Waals surface area contributed by atoms with Crippen LogP contribution in [0.25, 0.3) is 22.6 Å². The van der Waals surface area contributed by atoms with Crippen LogP contribution in [-0.2, 0) is 11.2 Å². The number of amides is 1. The average molecular weight is 409 g/mol. The summed E-state index contributed by atoms with van der Waals surface area (Å²) in [7, 11) is 0. The molecule has 0 bridgehead atoms. The van der Waals surface area contributed by atoms with Crippen molar-refractivity contribution in [3.63, 3.8) is 0 Å². The van der Waals surface area contributed by atoms with Crippen molar-refractivity contribution in [2.75, 3.05) is 5.32 Å². The van der Waals surface area contributed by atoms with Crippen LogP contribution in [0.5, 0.6) is 0 Å². The Hall–Kier alpha value is -3.46. The van der Waals surface area contributed by atoms with Gasteiger partial charge in [0.2, 0.25) is 17.6 Å². The van der Waals surface area contributed by atoms with Gasteiger partial charge in [-0.05, 0) is 42.8 Å². The van der Waals surface area contributed by atoms with Crippen molar-refractivity contribution < 1.29 is 13.7 Å². The Kier molecular flexibility index (Phi) is 5.39. The Morgan fingerprint density at radius 2 is 2.14 bits per heavy atom. The second kappa shape index (κ2) is 8.27. The molecule has 3 aromatic heterocycles. The lowest BCUT2D eigenvalue weighted by atomic mass is 10.1. The van der Waals surface area contributed by atoms with E-state index < -0.39 is 0 Å². The largest absolute Gasteiger partial charge is 0.339 e. The van der Waals surface area contributed by atoms with Crippen molar-refractivity contribution in [3.05, 3.63) is 65.4 Å². The molecule has 146 valence electrons. The molecule has 0 aliphatic heterocycles. The van der Waals surface area contributed by atoms with Crippen molar-refractivity contribution in [1.29, 1.82) is 0 Å². The van der Waals surface area contributed by atoms with E-state index in [-0.39, 0.29) is 18.1 Å². The predicted octanol–water partition coefficient (Wildman–Crippen LogP) is 4.27. The van der Waals surface area contributed by atoms with Crippen molar-refractivity contribution in [1.82, 2.24) is 20.1 Å². The smallest absolute Gasteiger partial charge is 0.227 e. The van der Waals surface area contributed by atoms with Crippen LogP contribution in [0.1, 0.15) is 17.9 Å². The number of carbonyl (C=O) groups excluding carboxylic acids is 1. The molecule has 4 aromatic rings. The molecule has 1 amide bonds. The van der Waals surface area contributed by atoms with E-state index in [1.807, 2.05) is 11.4 Å². The van der Waals surface area contributed by atoms with Crippen LogP contribution < -0.4 is 5.32 Å². The molecule has 29 heavy (non-hydrogen) atoms. The molecule has 3 heterocycles. The number of pyridine rings is 1. The number of carbonyl (C=O) groups is 1. The zero-order valence-electron chi connectivity index (χ0n) is 15.4. The first-order valence-corrected chi connectivity index (χ1v) is 9.71. The van der Waals surface area contributed by atoms with Crippen LogP contribution >= 0.6 is 11.3 Å². The van der Waals surface area contributed by atoms with Crippen molar-refractivity contribution in [2.45, 2.75) is 19.8 Å². The molecule has 0 spiro atoms. The van der Waals surface area contributed by atoms with Gasteiger partial charge in [0.15, 0.2) is 5.13 Å². The quantitative estimate of drug-likeness (QED) is 0.511. The third kappa shape index (κ3) is 4.52. The van der Waals surface area contributed by atoms with Gasteiger partial charge in [-0.2, -0.15) is 4.98 Å². The van der Waals surface area contributed by atoms with E-state index in [4.69, 9.17) is 4.52 Å². The minimum atomic E-state index is -0.259. The molecule has 0 saturated heterocycles. The Morgan fingerprint density at radius 1 is 1.24 bits per heavy atom. The van der Waals surface area contributed by atoms with Crippen LogP contribution in [0.3, 0.4) is 0 Å². The van der Waals surface area contributed by atoms with Gasteiger partial charge in [0.1, 0.15) is 5.82 Å². The summed E-state index contributed by atoms with van der Waals surface area (Å²) in [6.07, 6.45) is 3.80. The van der Waals surface area contributed by atoms with Crippen LogP contribution in [0, 0.1) is 12.7 Å². The first-order valence-electron chi connectivity index (χ1n) is 8.83. The Morgan fingerprint density at radius 3 is 2.93 bits per heavy atom. The van der Waals surface area contributed by atoms with Crippen LogP contribution in [0.15, 0.2) is 52.6 Å². The fourth-order valence-electron chi connectivity index (χ4n) is 2.64. The number of aromatic nitrogens is 4. The Bertz CT molecular complexity index is 1140. The highest BCUT2D eigenvalue weighted by Crippen LogP contribution is 2.26. The molecule has 7 nitrogen and oxygen atoms in total. The van der Waals surface area contributed by atoms with E-state index in [0.717, 1.165) is 11.1 Å². The van der Waals surface area contributed by atoms with E-state index in [9.17, 15) is 9.18 Å². The van der Waals surface area contributed by atoms with Crippen LogP contribution in [-0.4, -0.2) is 26.0 Å². The van der Waals surface area contributed by atoms with Gasteiger partial charge in [0.05, 0.1) is 5.69 Å². The number of anilines is 1. The van der Waals surface area contributed by atoms with Gasteiger partial charge in [-0.25, -0.2) is 9.37 Å². The maximum atomic E-state index is 13.4. The maximum absolute atomic E-state index is 13.4. The SMILES string of the molecule is Cc1cc(-c2csc(NC(=O)CCc3nc(-c4cccnc4)no3)n2)ccc1F. The average Bonchev–Trinajstić information content (AvgIpc) is 3.39. The number of nitrogens with one attached hydrogen (secondary N) is 1. The molecule has 0 saturated carbocycles. The summed E-state index contributed by atoms with van der Waals surface area (Å²) in [5.74, 6) is 0.348. The minimum Gasteiger partial charge on any atom is -0.339 e.